The van der Waals surface area contributed by atoms with Crippen LogP contribution in [0, 0.1) is 0 Å². The Bertz CT molecular complexity index is 436. The molecule has 1 atom stereocenters. The predicted molar refractivity (Wildman–Crippen MR) is 68.5 cm³/mol. The first-order chi connectivity index (χ1) is 8.49. The van der Waals surface area contributed by atoms with E-state index in [4.69, 9.17) is 26.2 Å². The number of aliphatic carboxylic acids is 1. The van der Waals surface area contributed by atoms with Gasteiger partial charge in [-0.15, -0.1) is 0 Å². The van der Waals surface area contributed by atoms with Gasteiger partial charge in [-0.2, -0.15) is 0 Å². The largest absolute Gasteiger partial charge is 0.493 e. The molecule has 0 amide bonds. The zero-order valence-corrected chi connectivity index (χ0v) is 11.2. The summed E-state index contributed by atoms with van der Waals surface area (Å²) >= 11 is 6.04. The standard InChI is InChI=1S/C12H16ClNO4/c1-7(12(15)16)14-6-8-4-9(13)11(18-3)10(5-8)17-2/h4-5,7,14H,6H2,1-3H3,(H,15,16)/t7-/m0/s1. The number of hydrogen-bond donors (Lipinski definition) is 2. The molecule has 6 heteroatoms. The van der Waals surface area contributed by atoms with Gasteiger partial charge in [0.15, 0.2) is 11.5 Å². The Morgan fingerprint density at radius 2 is 2.11 bits per heavy atom. The second-order valence-electron chi connectivity index (χ2n) is 3.75. The number of ether oxygens (including phenoxy) is 2. The zero-order chi connectivity index (χ0) is 13.7. The molecule has 0 aliphatic heterocycles. The van der Waals surface area contributed by atoms with Gasteiger partial charge >= 0.3 is 5.97 Å². The molecule has 0 radical (unpaired) electrons. The van der Waals surface area contributed by atoms with E-state index in [1.54, 1.807) is 19.1 Å². The molecule has 2 N–H and O–H groups in total. The first-order valence-electron chi connectivity index (χ1n) is 5.36. The van der Waals surface area contributed by atoms with Crippen molar-refractivity contribution < 1.29 is 19.4 Å². The molecule has 0 heterocycles. The maximum atomic E-state index is 10.7. The number of carboxylic acid groups (broad SMARTS) is 1. The summed E-state index contributed by atoms with van der Waals surface area (Å²) in [5.74, 6) is 0.0838. The van der Waals surface area contributed by atoms with E-state index in [1.807, 2.05) is 0 Å². The minimum atomic E-state index is -0.901. The Labute approximate surface area is 111 Å². The Balaban J connectivity index is 2.85. The van der Waals surface area contributed by atoms with Crippen molar-refractivity contribution >= 4 is 17.6 Å². The maximum Gasteiger partial charge on any atom is 0.320 e. The molecule has 0 saturated carbocycles. The van der Waals surface area contributed by atoms with Gasteiger partial charge in [-0.25, -0.2) is 0 Å². The average Bonchev–Trinajstić information content (AvgIpc) is 2.34. The molecule has 100 valence electrons. The lowest BCUT2D eigenvalue weighted by Gasteiger charge is -2.13. The molecule has 0 aliphatic rings. The molecule has 1 aromatic carbocycles. The van der Waals surface area contributed by atoms with Crippen LogP contribution in [-0.4, -0.2) is 31.3 Å². The van der Waals surface area contributed by atoms with Crippen LogP contribution in [-0.2, 0) is 11.3 Å². The molecule has 0 unspecified atom stereocenters. The van der Waals surface area contributed by atoms with Crippen molar-refractivity contribution in [1.29, 1.82) is 0 Å². The van der Waals surface area contributed by atoms with Crippen LogP contribution in [0.4, 0.5) is 0 Å². The Morgan fingerprint density at radius 1 is 1.44 bits per heavy atom. The third kappa shape index (κ3) is 3.51. The van der Waals surface area contributed by atoms with Crippen molar-refractivity contribution in [1.82, 2.24) is 5.32 Å². The number of hydrogen-bond acceptors (Lipinski definition) is 4. The summed E-state index contributed by atoms with van der Waals surface area (Å²) in [6, 6.07) is 2.84. The molecule has 18 heavy (non-hydrogen) atoms. The molecule has 0 fully saturated rings. The number of nitrogens with one attached hydrogen (secondary N) is 1. The van der Waals surface area contributed by atoms with Crippen molar-refractivity contribution in [3.05, 3.63) is 22.7 Å². The van der Waals surface area contributed by atoms with E-state index < -0.39 is 12.0 Å². The fourth-order valence-electron chi connectivity index (χ4n) is 1.43. The van der Waals surface area contributed by atoms with Gasteiger partial charge in [0.25, 0.3) is 0 Å². The van der Waals surface area contributed by atoms with Crippen molar-refractivity contribution in [2.45, 2.75) is 19.5 Å². The third-order valence-corrected chi connectivity index (χ3v) is 2.76. The monoisotopic (exact) mass is 273 g/mol. The quantitative estimate of drug-likeness (QED) is 0.829. The Kier molecular flexibility index (Phi) is 5.25. The predicted octanol–water partition coefficient (Wildman–Crippen LogP) is 1.92. The first kappa shape index (κ1) is 14.6. The summed E-state index contributed by atoms with van der Waals surface area (Å²) in [5, 5.41) is 12.1. The van der Waals surface area contributed by atoms with Crippen LogP contribution in [0.15, 0.2) is 12.1 Å². The van der Waals surface area contributed by atoms with Gasteiger partial charge in [-0.1, -0.05) is 11.6 Å². The number of carboxylic acids is 1. The van der Waals surface area contributed by atoms with E-state index in [0.29, 0.717) is 23.1 Å². The van der Waals surface area contributed by atoms with Crippen molar-refractivity contribution in [3.8, 4) is 11.5 Å². The van der Waals surface area contributed by atoms with Crippen molar-refractivity contribution in [2.24, 2.45) is 0 Å². The average molecular weight is 274 g/mol. The normalized spacial score (nSPS) is 12.0. The second-order valence-corrected chi connectivity index (χ2v) is 4.16. The molecular formula is C12H16ClNO4. The summed E-state index contributed by atoms with van der Waals surface area (Å²) < 4.78 is 10.3. The second kappa shape index (κ2) is 6.47. The van der Waals surface area contributed by atoms with Crippen molar-refractivity contribution in [3.63, 3.8) is 0 Å². The highest BCUT2D eigenvalue weighted by Crippen LogP contribution is 2.35. The Morgan fingerprint density at radius 3 is 2.61 bits per heavy atom. The number of halogens is 1. The van der Waals surface area contributed by atoms with E-state index in [2.05, 4.69) is 5.32 Å². The van der Waals surface area contributed by atoms with E-state index in [9.17, 15) is 4.79 Å². The van der Waals surface area contributed by atoms with Crippen LogP contribution in [0.1, 0.15) is 12.5 Å². The molecule has 1 aromatic rings. The minimum absolute atomic E-state index is 0.382. The number of rotatable bonds is 6. The van der Waals surface area contributed by atoms with Crippen LogP contribution in [0.5, 0.6) is 11.5 Å². The SMILES string of the molecule is COc1cc(CN[C@@H](C)C(=O)O)cc(Cl)c1OC. The number of carbonyl (C=O) groups is 1. The molecule has 0 spiro atoms. The van der Waals surface area contributed by atoms with Crippen LogP contribution in [0.3, 0.4) is 0 Å². The molecule has 0 bridgehead atoms. The fourth-order valence-corrected chi connectivity index (χ4v) is 1.74. The summed E-state index contributed by atoms with van der Waals surface area (Å²) in [7, 11) is 3.03. The molecule has 0 aromatic heterocycles. The van der Waals surface area contributed by atoms with E-state index in [1.165, 1.54) is 14.2 Å². The van der Waals surface area contributed by atoms with Crippen LogP contribution < -0.4 is 14.8 Å². The van der Waals surface area contributed by atoms with E-state index in [0.717, 1.165) is 5.56 Å². The summed E-state index contributed by atoms with van der Waals surface area (Å²) in [5.41, 5.74) is 0.825. The van der Waals surface area contributed by atoms with Crippen molar-refractivity contribution in [2.75, 3.05) is 14.2 Å². The van der Waals surface area contributed by atoms with Crippen LogP contribution in [0.2, 0.25) is 5.02 Å². The lowest BCUT2D eigenvalue weighted by Crippen LogP contribution is -2.33. The summed E-state index contributed by atoms with van der Waals surface area (Å²) in [6.07, 6.45) is 0. The van der Waals surface area contributed by atoms with Gasteiger partial charge in [0, 0.05) is 6.54 Å². The van der Waals surface area contributed by atoms with Gasteiger partial charge in [0.1, 0.15) is 6.04 Å². The molecule has 0 aliphatic carbocycles. The minimum Gasteiger partial charge on any atom is -0.493 e. The smallest absolute Gasteiger partial charge is 0.320 e. The van der Waals surface area contributed by atoms with E-state index in [-0.39, 0.29) is 0 Å². The maximum absolute atomic E-state index is 10.7. The number of benzene rings is 1. The third-order valence-electron chi connectivity index (χ3n) is 2.48. The highest BCUT2D eigenvalue weighted by molar-refractivity contribution is 6.32. The topological polar surface area (TPSA) is 67.8 Å². The highest BCUT2D eigenvalue weighted by Gasteiger charge is 2.13. The van der Waals surface area contributed by atoms with Crippen LogP contribution in [0.25, 0.3) is 0 Å². The van der Waals surface area contributed by atoms with E-state index >= 15 is 0 Å². The molecule has 0 saturated heterocycles. The van der Waals surface area contributed by atoms with Crippen LogP contribution >= 0.6 is 11.6 Å². The van der Waals surface area contributed by atoms with Gasteiger partial charge in [0.05, 0.1) is 19.2 Å². The fraction of sp³-hybridized carbons (Fsp3) is 0.417. The number of methoxy groups -OCH3 is 2. The molecule has 1 rings (SSSR count). The zero-order valence-electron chi connectivity index (χ0n) is 10.5. The summed E-state index contributed by atoms with van der Waals surface area (Å²) in [6.45, 7) is 1.96. The molecule has 5 nitrogen and oxygen atoms in total. The van der Waals surface area contributed by atoms with Gasteiger partial charge in [-0.3, -0.25) is 4.79 Å². The van der Waals surface area contributed by atoms with Gasteiger partial charge in [0.2, 0.25) is 0 Å². The molecular weight excluding hydrogens is 258 g/mol. The first-order valence-corrected chi connectivity index (χ1v) is 5.74. The van der Waals surface area contributed by atoms with Gasteiger partial charge in [-0.05, 0) is 24.6 Å². The lowest BCUT2D eigenvalue weighted by molar-refractivity contribution is -0.139. The summed E-state index contributed by atoms with van der Waals surface area (Å²) in [4.78, 5) is 10.7. The Hall–Kier alpha value is -1.46. The highest BCUT2D eigenvalue weighted by atomic mass is 35.5. The lowest BCUT2D eigenvalue weighted by atomic mass is 10.2. The van der Waals surface area contributed by atoms with Gasteiger partial charge < -0.3 is 19.9 Å².